The zero-order chi connectivity index (χ0) is 33.2. The van der Waals surface area contributed by atoms with E-state index in [1.165, 1.54) is 17.3 Å². The van der Waals surface area contributed by atoms with E-state index in [1.807, 2.05) is 29.0 Å². The Morgan fingerprint density at radius 3 is 2.83 bits per heavy atom. The molecule has 0 unspecified atom stereocenters. The van der Waals surface area contributed by atoms with Crippen molar-refractivity contribution in [2.45, 2.75) is 61.3 Å². The van der Waals surface area contributed by atoms with Crippen LogP contribution in [0, 0.1) is 5.82 Å². The van der Waals surface area contributed by atoms with Crippen LogP contribution < -0.4 is 10.1 Å². The number of carbonyl (C=O) groups is 1. The Kier molecular flexibility index (Phi) is 9.72. The van der Waals surface area contributed by atoms with Gasteiger partial charge in [-0.05, 0) is 92.5 Å². The van der Waals surface area contributed by atoms with Crippen molar-refractivity contribution in [2.24, 2.45) is 19.2 Å². The predicted octanol–water partition coefficient (Wildman–Crippen LogP) is 7.47. The Hall–Kier alpha value is -3.90. The van der Waals surface area contributed by atoms with E-state index in [9.17, 15) is 9.90 Å². The number of benzene rings is 2. The van der Waals surface area contributed by atoms with Crippen molar-refractivity contribution >= 4 is 58.4 Å². The minimum atomic E-state index is -1.02. The highest BCUT2D eigenvalue weighted by Gasteiger charge is 2.25. The number of rotatable bonds is 1. The molecule has 0 aliphatic carbocycles. The summed E-state index contributed by atoms with van der Waals surface area (Å²) in [4.78, 5) is 13.8. The lowest BCUT2D eigenvalue weighted by molar-refractivity contribution is 0.0685. The van der Waals surface area contributed by atoms with E-state index in [-0.39, 0.29) is 11.5 Å². The number of piperidine rings is 1. The topological polar surface area (TPSA) is 96.9 Å². The molecule has 3 aliphatic rings. The maximum Gasteiger partial charge on any atom is 0.352 e. The predicted molar refractivity (Wildman–Crippen MR) is 193 cm³/mol. The van der Waals surface area contributed by atoms with Crippen molar-refractivity contribution in [3.8, 4) is 5.75 Å². The molecule has 2 N–H and O–H groups in total. The maximum absolute atomic E-state index is 15.6. The highest BCUT2D eigenvalue weighted by Crippen LogP contribution is 2.39. The molecule has 2 aromatic carbocycles. The van der Waals surface area contributed by atoms with Gasteiger partial charge in [-0.1, -0.05) is 0 Å². The summed E-state index contributed by atoms with van der Waals surface area (Å²) in [5.41, 5.74) is 7.34. The Balaban J connectivity index is 1.26. The molecule has 48 heavy (non-hydrogen) atoms. The van der Waals surface area contributed by atoms with Gasteiger partial charge in [-0.3, -0.25) is 9.69 Å². The number of carboxylic acid groups (broad SMARTS) is 1. The van der Waals surface area contributed by atoms with E-state index in [4.69, 9.17) is 14.9 Å². The standard InChI is InChI=1S/C36H41FN6O3S2/c1-41-34-29-10-11-31(37)30(34)19-25-8-3-4-14-43(25)39-13-16-47-21-24-18-26(42(2)40-24)22-48-27-17-23-7-5-12-38-33(23)32(20-27)46-15-6-9-28(29)35(41)36(44)45/h10-11,13,17-20,38H,3-9,12,14-16,21-22H2,1-2H3,(H,44,45)/b25-19+,39-13+. The molecule has 1 fully saturated rings. The first-order valence-electron chi connectivity index (χ1n) is 16.7. The number of fused-ring (bicyclic) bond motifs is 7. The van der Waals surface area contributed by atoms with Crippen molar-refractivity contribution in [3.63, 3.8) is 0 Å². The fourth-order valence-electron chi connectivity index (χ4n) is 7.02. The molecule has 12 heteroatoms. The van der Waals surface area contributed by atoms with Gasteiger partial charge in [0.2, 0.25) is 0 Å². The lowest BCUT2D eigenvalue weighted by Gasteiger charge is -2.27. The first kappa shape index (κ1) is 32.6. The Morgan fingerprint density at radius 1 is 1.06 bits per heavy atom. The number of thioether (sulfide) groups is 2. The van der Waals surface area contributed by atoms with Crippen LogP contribution >= 0.6 is 23.5 Å². The largest absolute Gasteiger partial charge is 0.491 e. The number of hydrogen-bond acceptors (Lipinski definition) is 8. The second-order valence-corrected chi connectivity index (χ2v) is 14.6. The van der Waals surface area contributed by atoms with Crippen molar-refractivity contribution in [2.75, 3.05) is 30.8 Å². The smallest absolute Gasteiger partial charge is 0.352 e. The van der Waals surface area contributed by atoms with Gasteiger partial charge in [0, 0.05) is 77.9 Å². The third-order valence-corrected chi connectivity index (χ3v) is 11.2. The highest BCUT2D eigenvalue weighted by molar-refractivity contribution is 7.99. The number of hydrazone groups is 1. The molecule has 8 bridgehead atoms. The third kappa shape index (κ3) is 6.69. The van der Waals surface area contributed by atoms with Gasteiger partial charge >= 0.3 is 5.97 Å². The number of anilines is 1. The fraction of sp³-hybridized carbons (Fsp3) is 0.417. The zero-order valence-corrected chi connectivity index (χ0v) is 29.1. The quantitative estimate of drug-likeness (QED) is 0.213. The van der Waals surface area contributed by atoms with Crippen molar-refractivity contribution in [1.29, 1.82) is 0 Å². The number of halogens is 1. The number of ether oxygens (including phenoxy) is 1. The summed E-state index contributed by atoms with van der Waals surface area (Å²) in [5, 5.41) is 26.1. The monoisotopic (exact) mass is 688 g/mol. The van der Waals surface area contributed by atoms with Gasteiger partial charge in [0.25, 0.3) is 0 Å². The van der Waals surface area contributed by atoms with Gasteiger partial charge in [-0.25, -0.2) is 9.18 Å². The van der Waals surface area contributed by atoms with Crippen LogP contribution in [0.2, 0.25) is 0 Å². The summed E-state index contributed by atoms with van der Waals surface area (Å²) in [6.07, 6.45) is 9.73. The summed E-state index contributed by atoms with van der Waals surface area (Å²) in [6, 6.07) is 9.75. The number of aromatic carboxylic acids is 1. The number of carboxylic acids is 1. The van der Waals surface area contributed by atoms with Crippen LogP contribution in [0.3, 0.4) is 0 Å². The van der Waals surface area contributed by atoms with E-state index in [1.54, 1.807) is 41.2 Å². The van der Waals surface area contributed by atoms with Crippen LogP contribution in [0.25, 0.3) is 17.0 Å². The lowest BCUT2D eigenvalue weighted by Crippen LogP contribution is -2.23. The van der Waals surface area contributed by atoms with E-state index in [0.717, 1.165) is 95.6 Å². The average Bonchev–Trinajstić information content (AvgIpc) is 3.58. The summed E-state index contributed by atoms with van der Waals surface area (Å²) in [6.45, 7) is 2.08. The average molecular weight is 689 g/mol. The molecule has 252 valence electrons. The molecule has 0 spiro atoms. The van der Waals surface area contributed by atoms with E-state index >= 15 is 4.39 Å². The fourth-order valence-corrected chi connectivity index (χ4v) is 8.67. The van der Waals surface area contributed by atoms with Crippen LogP contribution in [-0.2, 0) is 38.4 Å². The number of nitrogens with zero attached hydrogens (tertiary/aromatic N) is 5. The molecule has 0 saturated carbocycles. The van der Waals surface area contributed by atoms with Gasteiger partial charge in [0.15, 0.2) is 0 Å². The number of hydrogen-bond donors (Lipinski definition) is 2. The van der Waals surface area contributed by atoms with Crippen LogP contribution in [-0.4, -0.2) is 62.1 Å². The number of aromatic nitrogens is 3. The Labute approximate surface area is 288 Å². The van der Waals surface area contributed by atoms with E-state index in [0.29, 0.717) is 36.1 Å². The molecule has 5 heterocycles. The van der Waals surface area contributed by atoms with Crippen LogP contribution in [0.15, 0.2) is 46.0 Å². The molecular formula is C36H41FN6O3S2. The number of nitrogens with one attached hydrogen (secondary N) is 1. The molecule has 0 amide bonds. The molecule has 7 rings (SSSR count). The summed E-state index contributed by atoms with van der Waals surface area (Å²) < 4.78 is 25.7. The summed E-state index contributed by atoms with van der Waals surface area (Å²) >= 11 is 3.54. The molecule has 2 aromatic heterocycles. The molecular weight excluding hydrogens is 648 g/mol. The van der Waals surface area contributed by atoms with Crippen LogP contribution in [0.4, 0.5) is 10.1 Å². The highest BCUT2D eigenvalue weighted by atomic mass is 32.2. The molecule has 3 aliphatic heterocycles. The van der Waals surface area contributed by atoms with E-state index < -0.39 is 5.97 Å². The normalized spacial score (nSPS) is 19.3. The molecule has 0 atom stereocenters. The van der Waals surface area contributed by atoms with Gasteiger partial charge < -0.3 is 19.7 Å². The molecule has 4 aromatic rings. The molecule has 0 radical (unpaired) electrons. The number of allylic oxidation sites excluding steroid dienone is 1. The van der Waals surface area contributed by atoms with Gasteiger partial charge in [0.05, 0.1) is 23.5 Å². The molecule has 9 nitrogen and oxygen atoms in total. The van der Waals surface area contributed by atoms with E-state index in [2.05, 4.69) is 23.5 Å². The minimum absolute atomic E-state index is 0.187. The lowest BCUT2D eigenvalue weighted by atomic mass is 10.0. The second kappa shape index (κ2) is 14.3. The van der Waals surface area contributed by atoms with Gasteiger partial charge in [-0.15, -0.1) is 23.5 Å². The maximum atomic E-state index is 15.6. The Morgan fingerprint density at radius 2 is 1.96 bits per heavy atom. The minimum Gasteiger partial charge on any atom is -0.491 e. The summed E-state index contributed by atoms with van der Waals surface area (Å²) in [7, 11) is 3.72. The zero-order valence-electron chi connectivity index (χ0n) is 27.4. The Bertz CT molecular complexity index is 1920. The van der Waals surface area contributed by atoms with Gasteiger partial charge in [0.1, 0.15) is 17.3 Å². The van der Waals surface area contributed by atoms with Crippen molar-refractivity contribution in [3.05, 3.63) is 75.6 Å². The summed E-state index contributed by atoms with van der Waals surface area (Å²) in [5.74, 6) is 1.74. The van der Waals surface area contributed by atoms with Crippen LogP contribution in [0.5, 0.6) is 5.75 Å². The third-order valence-electron chi connectivity index (χ3n) is 9.33. The van der Waals surface area contributed by atoms with Crippen molar-refractivity contribution in [1.82, 2.24) is 19.4 Å². The first-order valence-corrected chi connectivity index (χ1v) is 18.8. The SMILES string of the molecule is Cn1nc2cc1CSc1cc3c(c(c1)OCCCc1c(C(=O)O)n(C)c4c(c(F)ccc14)/C=C1\CCCCN1/N=C/CSC2)NCCC3. The number of aryl methyl sites for hydroxylation is 4. The van der Waals surface area contributed by atoms with Gasteiger partial charge in [-0.2, -0.15) is 10.2 Å². The molecule has 1 saturated heterocycles. The van der Waals surface area contributed by atoms with Crippen molar-refractivity contribution < 1.29 is 19.0 Å². The first-order chi connectivity index (χ1) is 23.4. The van der Waals surface area contributed by atoms with Crippen LogP contribution in [0.1, 0.15) is 70.7 Å². The second-order valence-electron chi connectivity index (χ2n) is 12.6.